The minimum absolute atomic E-state index is 0.299. The van der Waals surface area contributed by atoms with E-state index in [4.69, 9.17) is 0 Å². The van der Waals surface area contributed by atoms with Gasteiger partial charge in [-0.05, 0) is 12.8 Å². The zero-order chi connectivity index (χ0) is 11.2. The topological polar surface area (TPSA) is 41.1 Å². The van der Waals surface area contributed by atoms with Gasteiger partial charge < -0.3 is 10.6 Å². The molecule has 0 aromatic carbocycles. The molecular formula is C13H24N2O. The zero-order valence-corrected chi connectivity index (χ0v) is 10.1. The molecule has 3 nitrogen and oxygen atoms in total. The van der Waals surface area contributed by atoms with Gasteiger partial charge in [0.25, 0.3) is 0 Å². The summed E-state index contributed by atoms with van der Waals surface area (Å²) in [5.74, 6) is 1.29. The van der Waals surface area contributed by atoms with Crippen molar-refractivity contribution >= 4 is 5.91 Å². The Morgan fingerprint density at radius 2 is 1.69 bits per heavy atom. The predicted octanol–water partition coefficient (Wildman–Crippen LogP) is 1.68. The summed E-state index contributed by atoms with van der Waals surface area (Å²) >= 11 is 0. The van der Waals surface area contributed by atoms with Crippen LogP contribution >= 0.6 is 0 Å². The van der Waals surface area contributed by atoms with Crippen LogP contribution in [-0.2, 0) is 4.79 Å². The molecule has 0 unspecified atom stereocenters. The van der Waals surface area contributed by atoms with Crippen molar-refractivity contribution in [2.75, 3.05) is 19.6 Å². The van der Waals surface area contributed by atoms with Crippen LogP contribution in [0.3, 0.4) is 0 Å². The molecule has 2 rings (SSSR count). The first kappa shape index (κ1) is 11.9. The van der Waals surface area contributed by atoms with Crippen molar-refractivity contribution in [3.05, 3.63) is 0 Å². The fourth-order valence-corrected chi connectivity index (χ4v) is 2.60. The lowest BCUT2D eigenvalue weighted by atomic mass is 9.90. The minimum atomic E-state index is 0.299. The summed E-state index contributed by atoms with van der Waals surface area (Å²) in [5, 5.41) is 6.36. The number of amides is 1. The first-order valence-electron chi connectivity index (χ1n) is 6.84. The van der Waals surface area contributed by atoms with Crippen LogP contribution in [0.2, 0.25) is 0 Å². The number of carbonyl (C=O) groups is 1. The molecule has 16 heavy (non-hydrogen) atoms. The predicted molar refractivity (Wildman–Crippen MR) is 65.2 cm³/mol. The van der Waals surface area contributed by atoms with Gasteiger partial charge in [0.2, 0.25) is 5.91 Å². The van der Waals surface area contributed by atoms with E-state index in [2.05, 4.69) is 10.6 Å². The second-order valence-electron chi connectivity index (χ2n) is 5.31. The Morgan fingerprint density at radius 3 is 2.25 bits per heavy atom. The molecule has 0 spiro atoms. The summed E-state index contributed by atoms with van der Waals surface area (Å²) in [4.78, 5) is 12.0. The third-order valence-electron chi connectivity index (χ3n) is 3.91. The van der Waals surface area contributed by atoms with Crippen LogP contribution in [0.25, 0.3) is 0 Å². The van der Waals surface area contributed by atoms with Gasteiger partial charge in [-0.15, -0.1) is 0 Å². The smallest absolute Gasteiger partial charge is 0.223 e. The van der Waals surface area contributed by atoms with Crippen LogP contribution in [0.5, 0.6) is 0 Å². The molecule has 2 N–H and O–H groups in total. The number of hydrogen-bond acceptors (Lipinski definition) is 2. The van der Waals surface area contributed by atoms with E-state index in [1.807, 2.05) is 0 Å². The average molecular weight is 224 g/mol. The fourth-order valence-electron chi connectivity index (χ4n) is 2.60. The third-order valence-corrected chi connectivity index (χ3v) is 3.91. The van der Waals surface area contributed by atoms with Crippen molar-refractivity contribution in [3.63, 3.8) is 0 Å². The van der Waals surface area contributed by atoms with E-state index in [1.165, 1.54) is 32.1 Å². The van der Waals surface area contributed by atoms with Gasteiger partial charge in [-0.3, -0.25) is 4.79 Å². The Balaban J connectivity index is 1.68. The molecule has 1 amide bonds. The van der Waals surface area contributed by atoms with Crippen molar-refractivity contribution in [3.8, 4) is 0 Å². The Bertz CT molecular complexity index is 218. The van der Waals surface area contributed by atoms with E-state index in [0.717, 1.165) is 32.5 Å². The lowest BCUT2D eigenvalue weighted by Gasteiger charge is -2.28. The number of nitrogens with one attached hydrogen (secondary N) is 2. The number of hydrogen-bond donors (Lipinski definition) is 2. The highest BCUT2D eigenvalue weighted by atomic mass is 16.1. The number of rotatable bonds is 3. The molecule has 0 atom stereocenters. The average Bonchev–Trinajstić information content (AvgIpc) is 2.14. The normalized spacial score (nSPS) is 24.2. The van der Waals surface area contributed by atoms with E-state index >= 15 is 0 Å². The second-order valence-corrected chi connectivity index (χ2v) is 5.31. The van der Waals surface area contributed by atoms with Crippen LogP contribution in [0.1, 0.15) is 44.9 Å². The molecule has 1 saturated heterocycles. The van der Waals surface area contributed by atoms with Gasteiger partial charge in [0.15, 0.2) is 0 Å². The molecular weight excluding hydrogens is 200 g/mol. The van der Waals surface area contributed by atoms with Crippen LogP contribution in [-0.4, -0.2) is 25.5 Å². The van der Waals surface area contributed by atoms with E-state index in [9.17, 15) is 4.79 Å². The molecule has 1 aliphatic heterocycles. The summed E-state index contributed by atoms with van der Waals surface area (Å²) in [6.45, 7) is 3.03. The summed E-state index contributed by atoms with van der Waals surface area (Å²) in [7, 11) is 0. The van der Waals surface area contributed by atoms with Crippen LogP contribution in [0, 0.1) is 11.8 Å². The molecule has 3 heteroatoms. The molecule has 0 bridgehead atoms. The Hall–Kier alpha value is -0.570. The van der Waals surface area contributed by atoms with Crippen LogP contribution in [0.15, 0.2) is 0 Å². The Labute approximate surface area is 98.4 Å². The first-order chi connectivity index (χ1) is 7.86. The van der Waals surface area contributed by atoms with E-state index in [-0.39, 0.29) is 0 Å². The van der Waals surface area contributed by atoms with Gasteiger partial charge in [0.1, 0.15) is 0 Å². The van der Waals surface area contributed by atoms with Crippen molar-refractivity contribution in [2.24, 2.45) is 11.8 Å². The highest BCUT2D eigenvalue weighted by Crippen LogP contribution is 2.22. The maximum atomic E-state index is 12.0. The summed E-state index contributed by atoms with van der Waals surface area (Å²) in [5.41, 5.74) is 0. The van der Waals surface area contributed by atoms with Gasteiger partial charge >= 0.3 is 0 Å². The van der Waals surface area contributed by atoms with E-state index in [0.29, 0.717) is 17.7 Å². The maximum Gasteiger partial charge on any atom is 0.223 e. The maximum absolute atomic E-state index is 12.0. The van der Waals surface area contributed by atoms with E-state index in [1.54, 1.807) is 0 Å². The molecule has 1 saturated carbocycles. The van der Waals surface area contributed by atoms with E-state index < -0.39 is 0 Å². The molecule has 0 aromatic heterocycles. The monoisotopic (exact) mass is 224 g/mol. The highest BCUT2D eigenvalue weighted by Gasteiger charge is 2.22. The van der Waals surface area contributed by atoms with Gasteiger partial charge in [0, 0.05) is 31.5 Å². The molecule has 1 heterocycles. The summed E-state index contributed by atoms with van der Waals surface area (Å²) in [6, 6.07) is 0. The number of carbonyl (C=O) groups excluding carboxylic acids is 1. The lowest BCUT2D eigenvalue weighted by Crippen LogP contribution is -2.49. The van der Waals surface area contributed by atoms with Crippen molar-refractivity contribution in [2.45, 2.75) is 44.9 Å². The van der Waals surface area contributed by atoms with Gasteiger partial charge in [-0.2, -0.15) is 0 Å². The van der Waals surface area contributed by atoms with Gasteiger partial charge in [-0.25, -0.2) is 0 Å². The third kappa shape index (κ3) is 3.48. The second kappa shape index (κ2) is 6.24. The molecule has 92 valence electrons. The molecule has 1 aliphatic carbocycles. The molecule has 0 aromatic rings. The Kier molecular flexibility index (Phi) is 4.64. The quantitative estimate of drug-likeness (QED) is 0.766. The zero-order valence-electron chi connectivity index (χ0n) is 10.1. The van der Waals surface area contributed by atoms with Crippen molar-refractivity contribution in [1.82, 2.24) is 10.6 Å². The highest BCUT2D eigenvalue weighted by molar-refractivity contribution is 5.78. The molecule has 0 radical (unpaired) electrons. The summed E-state index contributed by atoms with van der Waals surface area (Å²) < 4.78 is 0. The fraction of sp³-hybridized carbons (Fsp3) is 0.923. The lowest BCUT2D eigenvalue weighted by molar-refractivity contribution is -0.125. The van der Waals surface area contributed by atoms with Crippen molar-refractivity contribution in [1.29, 1.82) is 0 Å². The SMILES string of the molecule is O=C(NCC1CNC1)C1CCCCCCC1. The largest absolute Gasteiger partial charge is 0.355 e. The first-order valence-corrected chi connectivity index (χ1v) is 6.84. The summed E-state index contributed by atoms with van der Waals surface area (Å²) in [6.07, 6.45) is 8.68. The Morgan fingerprint density at radius 1 is 1.06 bits per heavy atom. The van der Waals surface area contributed by atoms with Crippen LogP contribution < -0.4 is 10.6 Å². The van der Waals surface area contributed by atoms with Crippen molar-refractivity contribution < 1.29 is 4.79 Å². The van der Waals surface area contributed by atoms with Crippen LogP contribution in [0.4, 0.5) is 0 Å². The standard InChI is InChI=1S/C13H24N2O/c16-13(15-10-11-8-14-9-11)12-6-4-2-1-3-5-7-12/h11-12,14H,1-10H2,(H,15,16). The minimum Gasteiger partial charge on any atom is -0.355 e. The molecule has 2 fully saturated rings. The van der Waals surface area contributed by atoms with Gasteiger partial charge in [0.05, 0.1) is 0 Å². The molecule has 2 aliphatic rings. The van der Waals surface area contributed by atoms with Gasteiger partial charge in [-0.1, -0.05) is 32.1 Å².